The van der Waals surface area contributed by atoms with Crippen molar-refractivity contribution >= 4 is 43.5 Å². The Labute approximate surface area is 199 Å². The smallest absolute Gasteiger partial charge is 0.242 e. The number of halogens is 1. The van der Waals surface area contributed by atoms with E-state index in [0.29, 0.717) is 12.1 Å². The number of sulfonamides is 1. The SMILES string of the molecule is CNC(=O)C(C)N(Cc1ccc(Br)cc1)C(=O)CCCN(c1ccccc1C)S(C)(=O)=O. The number of nitrogens with zero attached hydrogens (tertiary/aromatic N) is 2. The maximum atomic E-state index is 13.1. The van der Waals surface area contributed by atoms with Gasteiger partial charge in [0.15, 0.2) is 0 Å². The molecule has 174 valence electrons. The highest BCUT2D eigenvalue weighted by molar-refractivity contribution is 9.10. The third kappa shape index (κ3) is 7.06. The van der Waals surface area contributed by atoms with Crippen LogP contribution >= 0.6 is 15.9 Å². The second kappa shape index (κ2) is 11.5. The van der Waals surface area contributed by atoms with Crippen LogP contribution in [0.2, 0.25) is 0 Å². The van der Waals surface area contributed by atoms with Crippen LogP contribution in [0.4, 0.5) is 5.69 Å². The van der Waals surface area contributed by atoms with Crippen molar-refractivity contribution in [2.24, 2.45) is 0 Å². The van der Waals surface area contributed by atoms with Crippen LogP contribution in [-0.4, -0.2) is 51.0 Å². The molecule has 32 heavy (non-hydrogen) atoms. The van der Waals surface area contributed by atoms with Crippen LogP contribution < -0.4 is 9.62 Å². The first-order valence-electron chi connectivity index (χ1n) is 10.3. The summed E-state index contributed by atoms with van der Waals surface area (Å²) in [4.78, 5) is 26.8. The van der Waals surface area contributed by atoms with Gasteiger partial charge in [-0.2, -0.15) is 0 Å². The molecule has 0 aromatic heterocycles. The lowest BCUT2D eigenvalue weighted by molar-refractivity contribution is -0.140. The summed E-state index contributed by atoms with van der Waals surface area (Å²) in [6.07, 6.45) is 1.61. The molecule has 1 N–H and O–H groups in total. The summed E-state index contributed by atoms with van der Waals surface area (Å²) in [5, 5.41) is 2.59. The second-order valence-electron chi connectivity index (χ2n) is 7.66. The Balaban J connectivity index is 2.14. The summed E-state index contributed by atoms with van der Waals surface area (Å²) in [6, 6.07) is 14.1. The van der Waals surface area contributed by atoms with Gasteiger partial charge in [-0.05, 0) is 49.6 Å². The zero-order valence-electron chi connectivity index (χ0n) is 18.8. The van der Waals surface area contributed by atoms with E-state index in [1.165, 1.54) is 16.3 Å². The molecule has 7 nitrogen and oxygen atoms in total. The maximum Gasteiger partial charge on any atom is 0.242 e. The van der Waals surface area contributed by atoms with E-state index in [0.717, 1.165) is 21.9 Å². The lowest BCUT2D eigenvalue weighted by Crippen LogP contribution is -2.46. The molecule has 0 radical (unpaired) electrons. The number of carbonyl (C=O) groups is 2. The van der Waals surface area contributed by atoms with Crippen LogP contribution in [0.15, 0.2) is 53.0 Å². The van der Waals surface area contributed by atoms with Gasteiger partial charge >= 0.3 is 0 Å². The van der Waals surface area contributed by atoms with Crippen molar-refractivity contribution in [2.75, 3.05) is 24.2 Å². The average Bonchev–Trinajstić information content (AvgIpc) is 2.75. The van der Waals surface area contributed by atoms with Gasteiger partial charge in [-0.3, -0.25) is 13.9 Å². The quantitative estimate of drug-likeness (QED) is 0.516. The minimum Gasteiger partial charge on any atom is -0.357 e. The topological polar surface area (TPSA) is 86.8 Å². The normalized spacial score (nSPS) is 12.2. The Bertz CT molecular complexity index is 1040. The molecule has 2 amide bonds. The van der Waals surface area contributed by atoms with Crippen molar-refractivity contribution in [3.63, 3.8) is 0 Å². The van der Waals surface area contributed by atoms with Crippen LogP contribution in [0.5, 0.6) is 0 Å². The lowest BCUT2D eigenvalue weighted by Gasteiger charge is -2.29. The van der Waals surface area contributed by atoms with Gasteiger partial charge < -0.3 is 10.2 Å². The Hall–Kier alpha value is -2.39. The largest absolute Gasteiger partial charge is 0.357 e. The number of nitrogens with one attached hydrogen (secondary N) is 1. The number of likely N-dealkylation sites (N-methyl/N-ethyl adjacent to an activating group) is 1. The molecule has 0 aliphatic heterocycles. The van der Waals surface area contributed by atoms with E-state index in [4.69, 9.17) is 0 Å². The summed E-state index contributed by atoms with van der Waals surface area (Å²) in [5.74, 6) is -0.463. The standard InChI is InChI=1S/C23H30BrN3O4S/c1-17-8-5-6-9-21(17)27(32(4,30)31)15-7-10-22(28)26(18(2)23(29)25-3)16-19-11-13-20(24)14-12-19/h5-6,8-9,11-14,18H,7,10,15-16H2,1-4H3,(H,25,29). The summed E-state index contributed by atoms with van der Waals surface area (Å²) in [6.45, 7) is 4.00. The number of anilines is 1. The highest BCUT2D eigenvalue weighted by atomic mass is 79.9. The van der Waals surface area contributed by atoms with Crippen LogP contribution in [0.3, 0.4) is 0 Å². The van der Waals surface area contributed by atoms with Gasteiger partial charge in [-0.25, -0.2) is 8.42 Å². The van der Waals surface area contributed by atoms with Crippen molar-refractivity contribution in [3.05, 3.63) is 64.1 Å². The fraction of sp³-hybridized carbons (Fsp3) is 0.391. The predicted octanol–water partition coefficient (Wildman–Crippen LogP) is 3.47. The van der Waals surface area contributed by atoms with Gasteiger partial charge in [0.25, 0.3) is 0 Å². The van der Waals surface area contributed by atoms with Crippen molar-refractivity contribution in [3.8, 4) is 0 Å². The molecule has 2 rings (SSSR count). The lowest BCUT2D eigenvalue weighted by atomic mass is 10.1. The molecule has 0 saturated heterocycles. The first-order valence-corrected chi connectivity index (χ1v) is 13.0. The van der Waals surface area contributed by atoms with Crippen molar-refractivity contribution < 1.29 is 18.0 Å². The molecular weight excluding hydrogens is 494 g/mol. The van der Waals surface area contributed by atoms with Crippen molar-refractivity contribution in [1.29, 1.82) is 0 Å². The molecule has 0 aliphatic rings. The molecule has 0 saturated carbocycles. The predicted molar refractivity (Wildman–Crippen MR) is 131 cm³/mol. The zero-order chi connectivity index (χ0) is 23.9. The summed E-state index contributed by atoms with van der Waals surface area (Å²) < 4.78 is 27.0. The average molecular weight is 524 g/mol. The first kappa shape index (κ1) is 25.9. The number of aryl methyl sites for hydroxylation is 1. The molecule has 1 unspecified atom stereocenters. The summed E-state index contributed by atoms with van der Waals surface area (Å²) in [5.41, 5.74) is 2.34. The number of hydrogen-bond donors (Lipinski definition) is 1. The number of rotatable bonds is 10. The van der Waals surface area contributed by atoms with E-state index in [2.05, 4.69) is 21.2 Å². The molecule has 0 spiro atoms. The highest BCUT2D eigenvalue weighted by Gasteiger charge is 2.26. The Kier molecular flexibility index (Phi) is 9.27. The molecule has 2 aromatic carbocycles. The molecule has 0 heterocycles. The second-order valence-corrected chi connectivity index (χ2v) is 10.5. The van der Waals surface area contributed by atoms with Gasteiger partial charge in [0.1, 0.15) is 6.04 Å². The summed E-state index contributed by atoms with van der Waals surface area (Å²) in [7, 11) is -1.97. The van der Waals surface area contributed by atoms with E-state index in [9.17, 15) is 18.0 Å². The van der Waals surface area contributed by atoms with E-state index in [-0.39, 0.29) is 31.3 Å². The van der Waals surface area contributed by atoms with Gasteiger partial charge in [0.2, 0.25) is 21.8 Å². The fourth-order valence-corrected chi connectivity index (χ4v) is 4.69. The monoisotopic (exact) mass is 523 g/mol. The van der Waals surface area contributed by atoms with Gasteiger partial charge in [0.05, 0.1) is 11.9 Å². The molecule has 2 aromatic rings. The fourth-order valence-electron chi connectivity index (χ4n) is 3.40. The summed E-state index contributed by atoms with van der Waals surface area (Å²) >= 11 is 3.39. The zero-order valence-corrected chi connectivity index (χ0v) is 21.2. The Morgan fingerprint density at radius 1 is 1.09 bits per heavy atom. The van der Waals surface area contributed by atoms with E-state index >= 15 is 0 Å². The number of amides is 2. The van der Waals surface area contributed by atoms with Crippen molar-refractivity contribution in [1.82, 2.24) is 10.2 Å². The van der Waals surface area contributed by atoms with Gasteiger partial charge in [0, 0.05) is 31.0 Å². The van der Waals surface area contributed by atoms with E-state index < -0.39 is 16.1 Å². The molecule has 9 heteroatoms. The van der Waals surface area contributed by atoms with E-state index in [1.807, 2.05) is 43.3 Å². The number of carbonyl (C=O) groups excluding carboxylic acids is 2. The third-order valence-electron chi connectivity index (χ3n) is 5.22. The number of benzene rings is 2. The third-order valence-corrected chi connectivity index (χ3v) is 6.92. The van der Waals surface area contributed by atoms with Crippen molar-refractivity contribution in [2.45, 2.75) is 39.3 Å². The molecule has 1 atom stereocenters. The number of para-hydroxylation sites is 1. The van der Waals surface area contributed by atoms with Crippen LogP contribution in [0.1, 0.15) is 30.9 Å². The Morgan fingerprint density at radius 2 is 1.72 bits per heavy atom. The van der Waals surface area contributed by atoms with Gasteiger partial charge in [-0.15, -0.1) is 0 Å². The minimum atomic E-state index is -3.51. The van der Waals surface area contributed by atoms with Gasteiger partial charge in [-0.1, -0.05) is 46.3 Å². The Morgan fingerprint density at radius 3 is 2.28 bits per heavy atom. The minimum absolute atomic E-state index is 0.121. The van der Waals surface area contributed by atoms with Crippen LogP contribution in [-0.2, 0) is 26.2 Å². The highest BCUT2D eigenvalue weighted by Crippen LogP contribution is 2.23. The molecule has 0 aliphatic carbocycles. The first-order chi connectivity index (χ1) is 15.0. The van der Waals surface area contributed by atoms with Crippen LogP contribution in [0, 0.1) is 6.92 Å². The maximum absolute atomic E-state index is 13.1. The molecule has 0 fully saturated rings. The number of hydrogen-bond acceptors (Lipinski definition) is 4. The van der Waals surface area contributed by atoms with E-state index in [1.54, 1.807) is 19.1 Å². The van der Waals surface area contributed by atoms with Crippen LogP contribution in [0.25, 0.3) is 0 Å². The molecule has 0 bridgehead atoms. The molecular formula is C23H30BrN3O4S.